The molecule has 30 heavy (non-hydrogen) atoms. The minimum Gasteiger partial charge on any atom is -0.495 e. The number of carbonyl (C=O) groups is 1. The zero-order chi connectivity index (χ0) is 21.3. The zero-order valence-corrected chi connectivity index (χ0v) is 18.5. The van der Waals surface area contributed by atoms with Crippen LogP contribution in [0.4, 0.5) is 11.4 Å². The Bertz CT molecular complexity index is 1080. The van der Waals surface area contributed by atoms with Crippen molar-refractivity contribution in [2.24, 2.45) is 0 Å². The molecule has 1 saturated heterocycles. The summed E-state index contributed by atoms with van der Waals surface area (Å²) in [6.07, 6.45) is 1.79. The van der Waals surface area contributed by atoms with E-state index < -0.39 is 0 Å². The number of ether oxygens (including phenoxy) is 1. The number of thiocarbonyl (C=S) groups is 1. The molecule has 0 saturated carbocycles. The number of aromatic nitrogens is 1. The molecule has 1 aromatic carbocycles. The Labute approximate surface area is 184 Å². The van der Waals surface area contributed by atoms with Gasteiger partial charge in [0.1, 0.15) is 5.75 Å². The van der Waals surface area contributed by atoms with Gasteiger partial charge in [0.15, 0.2) is 5.11 Å². The number of thiophene rings is 1. The normalized spacial score (nSPS) is 18.2. The number of methoxy groups -OCH3 is 1. The average molecular weight is 439 g/mol. The lowest BCUT2D eigenvalue weighted by molar-refractivity contribution is -0.114. The maximum absolute atomic E-state index is 11.7. The number of nitrogens with zero attached hydrogens (tertiary/aromatic N) is 2. The summed E-state index contributed by atoms with van der Waals surface area (Å²) in [6, 6.07) is 15.7. The van der Waals surface area contributed by atoms with Gasteiger partial charge in [-0.1, -0.05) is 6.07 Å². The van der Waals surface area contributed by atoms with Crippen LogP contribution in [-0.2, 0) is 4.79 Å². The van der Waals surface area contributed by atoms with Gasteiger partial charge >= 0.3 is 0 Å². The van der Waals surface area contributed by atoms with E-state index in [1.165, 1.54) is 16.7 Å². The molecule has 2 atom stereocenters. The predicted octanol–water partition coefficient (Wildman–Crippen LogP) is 4.60. The minimum absolute atomic E-state index is 0.0651. The Balaban J connectivity index is 1.81. The van der Waals surface area contributed by atoms with Crippen LogP contribution in [0, 0.1) is 6.92 Å². The van der Waals surface area contributed by atoms with Crippen molar-refractivity contribution in [1.82, 2.24) is 10.3 Å². The molecule has 0 radical (unpaired) electrons. The van der Waals surface area contributed by atoms with Crippen molar-refractivity contribution in [3.63, 3.8) is 0 Å². The highest BCUT2D eigenvalue weighted by Crippen LogP contribution is 2.44. The fourth-order valence-electron chi connectivity index (χ4n) is 3.67. The molecule has 2 aromatic heterocycles. The zero-order valence-electron chi connectivity index (χ0n) is 16.9. The van der Waals surface area contributed by atoms with E-state index in [0.717, 1.165) is 11.4 Å². The summed E-state index contributed by atoms with van der Waals surface area (Å²) < 4.78 is 5.41. The van der Waals surface area contributed by atoms with Crippen molar-refractivity contribution in [3.8, 4) is 5.75 Å². The van der Waals surface area contributed by atoms with E-state index in [2.05, 4.69) is 39.6 Å². The number of benzene rings is 1. The molecule has 3 aromatic rings. The first-order valence-electron chi connectivity index (χ1n) is 9.50. The molecule has 0 aliphatic carbocycles. The molecule has 0 unspecified atom stereocenters. The van der Waals surface area contributed by atoms with Crippen molar-refractivity contribution in [1.29, 1.82) is 0 Å². The van der Waals surface area contributed by atoms with Gasteiger partial charge in [-0.25, -0.2) is 0 Å². The van der Waals surface area contributed by atoms with Crippen LogP contribution in [0.3, 0.4) is 0 Å². The number of nitrogens with one attached hydrogen (secondary N) is 2. The molecule has 8 heteroatoms. The summed E-state index contributed by atoms with van der Waals surface area (Å²) in [5, 5.41) is 6.90. The lowest BCUT2D eigenvalue weighted by Gasteiger charge is -2.27. The number of anilines is 2. The minimum atomic E-state index is -0.163. The SMILES string of the molecule is COc1ccc(N2C(=S)N[C@H](c3ccccn3)[C@@H]2c2ccc(C)s2)cc1NC(C)=O. The summed E-state index contributed by atoms with van der Waals surface area (Å²) in [5.41, 5.74) is 2.40. The third-order valence-electron chi connectivity index (χ3n) is 4.92. The van der Waals surface area contributed by atoms with Crippen molar-refractivity contribution in [2.45, 2.75) is 25.9 Å². The number of carbonyl (C=O) groups excluding carboxylic acids is 1. The Morgan fingerprint density at radius 2 is 2.10 bits per heavy atom. The topological polar surface area (TPSA) is 66.5 Å². The molecule has 4 rings (SSSR count). The number of pyridine rings is 1. The van der Waals surface area contributed by atoms with E-state index in [4.69, 9.17) is 17.0 Å². The van der Waals surface area contributed by atoms with Crippen LogP contribution in [0.1, 0.15) is 34.5 Å². The van der Waals surface area contributed by atoms with E-state index in [1.54, 1.807) is 24.6 Å². The molecular formula is C22H22N4O2S2. The van der Waals surface area contributed by atoms with E-state index in [9.17, 15) is 4.79 Å². The first-order chi connectivity index (χ1) is 14.5. The van der Waals surface area contributed by atoms with Crippen LogP contribution >= 0.6 is 23.6 Å². The highest BCUT2D eigenvalue weighted by molar-refractivity contribution is 7.80. The highest BCUT2D eigenvalue weighted by atomic mass is 32.1. The van der Waals surface area contributed by atoms with Crippen molar-refractivity contribution in [2.75, 3.05) is 17.3 Å². The van der Waals surface area contributed by atoms with Gasteiger partial charge in [-0.05, 0) is 61.6 Å². The molecule has 1 aliphatic rings. The van der Waals surface area contributed by atoms with Crippen molar-refractivity contribution in [3.05, 3.63) is 70.2 Å². The third-order valence-corrected chi connectivity index (χ3v) is 6.31. The molecular weight excluding hydrogens is 416 g/mol. The standard InChI is InChI=1S/C22H22N4O2S2/c1-13-7-10-19(30-13)21-20(16-6-4-5-11-23-16)25-22(29)26(21)15-8-9-18(28-3)17(12-15)24-14(2)27/h4-12,20-21H,1-3H3,(H,24,27)(H,25,29)/t20-,21+/m1/s1. The number of amides is 1. The first kappa shape index (κ1) is 20.3. The third kappa shape index (κ3) is 3.88. The molecule has 1 fully saturated rings. The lowest BCUT2D eigenvalue weighted by Crippen LogP contribution is -2.29. The van der Waals surface area contributed by atoms with Gasteiger partial charge in [0.25, 0.3) is 0 Å². The molecule has 2 N–H and O–H groups in total. The van der Waals surface area contributed by atoms with Gasteiger partial charge in [0.2, 0.25) is 5.91 Å². The number of aryl methyl sites for hydroxylation is 1. The van der Waals surface area contributed by atoms with E-state index in [1.807, 2.05) is 36.4 Å². The molecule has 3 heterocycles. The van der Waals surface area contributed by atoms with Crippen LogP contribution in [-0.4, -0.2) is 23.1 Å². The fourth-order valence-corrected chi connectivity index (χ4v) is 5.02. The van der Waals surface area contributed by atoms with Crippen molar-refractivity contribution >= 4 is 45.9 Å². The van der Waals surface area contributed by atoms with Crippen LogP contribution in [0.25, 0.3) is 0 Å². The molecule has 0 bridgehead atoms. The van der Waals surface area contributed by atoms with Crippen LogP contribution < -0.4 is 20.3 Å². The van der Waals surface area contributed by atoms with Gasteiger partial charge in [-0.2, -0.15) is 0 Å². The number of hydrogen-bond acceptors (Lipinski definition) is 5. The van der Waals surface area contributed by atoms with Crippen LogP contribution in [0.15, 0.2) is 54.7 Å². The molecule has 1 aliphatic heterocycles. The molecule has 1 amide bonds. The molecule has 0 spiro atoms. The summed E-state index contributed by atoms with van der Waals surface area (Å²) in [5.74, 6) is 0.432. The second-order valence-electron chi connectivity index (χ2n) is 7.01. The van der Waals surface area contributed by atoms with Crippen LogP contribution in [0.5, 0.6) is 5.75 Å². The summed E-state index contributed by atoms with van der Waals surface area (Å²) in [6.45, 7) is 3.57. The Hall–Kier alpha value is -2.97. The van der Waals surface area contributed by atoms with Gasteiger partial charge in [0.05, 0.1) is 30.6 Å². The van der Waals surface area contributed by atoms with E-state index >= 15 is 0 Å². The van der Waals surface area contributed by atoms with Gasteiger partial charge < -0.3 is 20.3 Å². The van der Waals surface area contributed by atoms with E-state index in [-0.39, 0.29) is 18.0 Å². The maximum Gasteiger partial charge on any atom is 0.221 e. The van der Waals surface area contributed by atoms with Crippen molar-refractivity contribution < 1.29 is 9.53 Å². The molecule has 6 nitrogen and oxygen atoms in total. The van der Waals surface area contributed by atoms with E-state index in [0.29, 0.717) is 16.5 Å². The quantitative estimate of drug-likeness (QED) is 0.568. The fraction of sp³-hybridized carbons (Fsp3) is 0.227. The summed E-state index contributed by atoms with van der Waals surface area (Å²) in [7, 11) is 1.58. The van der Waals surface area contributed by atoms with Gasteiger partial charge in [-0.3, -0.25) is 9.78 Å². The van der Waals surface area contributed by atoms with Gasteiger partial charge in [0, 0.05) is 28.6 Å². The Morgan fingerprint density at radius 3 is 2.73 bits per heavy atom. The summed E-state index contributed by atoms with van der Waals surface area (Å²) in [4.78, 5) is 20.8. The monoisotopic (exact) mass is 438 g/mol. The first-order valence-corrected chi connectivity index (χ1v) is 10.7. The second-order valence-corrected chi connectivity index (χ2v) is 8.72. The van der Waals surface area contributed by atoms with Gasteiger partial charge in [-0.15, -0.1) is 11.3 Å². The predicted molar refractivity (Wildman–Crippen MR) is 124 cm³/mol. The maximum atomic E-state index is 11.7. The number of rotatable bonds is 5. The smallest absolute Gasteiger partial charge is 0.221 e. The number of hydrogen-bond donors (Lipinski definition) is 2. The average Bonchev–Trinajstić information content (AvgIpc) is 3.31. The molecule has 154 valence electrons. The Morgan fingerprint density at radius 1 is 1.27 bits per heavy atom. The summed E-state index contributed by atoms with van der Waals surface area (Å²) >= 11 is 7.49. The highest BCUT2D eigenvalue weighted by Gasteiger charge is 2.41. The van der Waals surface area contributed by atoms with Crippen LogP contribution in [0.2, 0.25) is 0 Å². The Kier molecular flexibility index (Phi) is 5.69. The largest absolute Gasteiger partial charge is 0.495 e. The lowest BCUT2D eigenvalue weighted by atomic mass is 10.0. The second kappa shape index (κ2) is 8.41.